The molecule has 0 amide bonds. The summed E-state index contributed by atoms with van der Waals surface area (Å²) in [5.41, 5.74) is 1.76. The highest BCUT2D eigenvalue weighted by molar-refractivity contribution is 6.12. The van der Waals surface area contributed by atoms with Gasteiger partial charge in [-0.1, -0.05) is 6.58 Å². The van der Waals surface area contributed by atoms with Crippen molar-refractivity contribution in [1.29, 1.82) is 0 Å². The van der Waals surface area contributed by atoms with Crippen LogP contribution in [-0.2, 0) is 14.2 Å². The van der Waals surface area contributed by atoms with Gasteiger partial charge in [0, 0.05) is 0 Å². The van der Waals surface area contributed by atoms with Crippen molar-refractivity contribution in [3.63, 3.8) is 0 Å². The predicted octanol–water partition coefficient (Wildman–Crippen LogP) is 0.103. The molecule has 2 radical (unpaired) electrons. The van der Waals surface area contributed by atoms with Crippen molar-refractivity contribution in [3.8, 4) is 0 Å². The zero-order valence-corrected chi connectivity index (χ0v) is 9.47. The van der Waals surface area contributed by atoms with E-state index in [4.69, 9.17) is 22.1 Å². The van der Waals surface area contributed by atoms with Crippen LogP contribution in [0.4, 0.5) is 0 Å². The molecule has 0 bridgehead atoms. The van der Waals surface area contributed by atoms with E-state index in [1.165, 1.54) is 0 Å². The first kappa shape index (κ1) is 11.9. The summed E-state index contributed by atoms with van der Waals surface area (Å²) in [7, 11) is 5.89. The van der Waals surface area contributed by atoms with Crippen LogP contribution in [0.25, 0.3) is 0 Å². The van der Waals surface area contributed by atoms with E-state index >= 15 is 0 Å². The molecule has 2 aliphatic rings. The third-order valence-corrected chi connectivity index (χ3v) is 2.89. The van der Waals surface area contributed by atoms with E-state index < -0.39 is 29.6 Å². The van der Waals surface area contributed by atoms with Crippen molar-refractivity contribution in [2.45, 2.75) is 43.4 Å². The van der Waals surface area contributed by atoms with Gasteiger partial charge in [-0.15, -0.1) is 5.73 Å². The Kier molecular flexibility index (Phi) is 2.77. The zero-order valence-electron chi connectivity index (χ0n) is 9.47. The smallest absolute Gasteiger partial charge is 0.164 e. The normalized spacial score (nSPS) is 45.1. The van der Waals surface area contributed by atoms with Crippen molar-refractivity contribution < 1.29 is 19.3 Å². The molecule has 0 aromatic rings. The van der Waals surface area contributed by atoms with Gasteiger partial charge in [-0.05, 0) is 19.9 Å². The van der Waals surface area contributed by atoms with E-state index in [0.29, 0.717) is 0 Å². The molecule has 4 atom stereocenters. The minimum Gasteiger partial charge on any atom is -0.394 e. The summed E-state index contributed by atoms with van der Waals surface area (Å²) < 4.78 is 16.9. The molecule has 2 rings (SSSR count). The van der Waals surface area contributed by atoms with E-state index in [1.807, 2.05) is 0 Å². The topological polar surface area (TPSA) is 47.9 Å². The van der Waals surface area contributed by atoms with Crippen LogP contribution in [0.3, 0.4) is 0 Å². The molecule has 0 spiro atoms. The van der Waals surface area contributed by atoms with Crippen molar-refractivity contribution in [3.05, 3.63) is 18.4 Å². The summed E-state index contributed by atoms with van der Waals surface area (Å²) in [6, 6.07) is -0.689. The number of rotatable bonds is 2. The molecule has 2 fully saturated rings. The van der Waals surface area contributed by atoms with Gasteiger partial charge in [0.15, 0.2) is 5.79 Å². The van der Waals surface area contributed by atoms with Crippen molar-refractivity contribution >= 4 is 7.85 Å². The molecule has 0 aromatic heterocycles. The summed E-state index contributed by atoms with van der Waals surface area (Å²) in [5, 5.41) is 9.22. The molecular weight excluding hydrogens is 207 g/mol. The summed E-state index contributed by atoms with van der Waals surface area (Å²) in [6.07, 6.45) is 0.699. The maximum absolute atomic E-state index is 9.22. The fraction of sp³-hybridized carbons (Fsp3) is 0.727. The first-order valence-electron chi connectivity index (χ1n) is 5.22. The first-order chi connectivity index (χ1) is 7.45. The maximum atomic E-state index is 9.22. The Morgan fingerprint density at radius 2 is 2.25 bits per heavy atom. The molecule has 16 heavy (non-hydrogen) atoms. The third kappa shape index (κ3) is 1.56. The molecule has 2 heterocycles. The first-order valence-corrected chi connectivity index (χ1v) is 5.22. The summed E-state index contributed by atoms with van der Waals surface area (Å²) in [5.74, 6) is -0.757. The molecule has 4 unspecified atom stereocenters. The Hall–Kier alpha value is -0.575. The fourth-order valence-electron chi connectivity index (χ4n) is 2.35. The van der Waals surface area contributed by atoms with Crippen LogP contribution in [0.5, 0.6) is 0 Å². The lowest BCUT2D eigenvalue weighted by atomic mass is 9.80. The van der Waals surface area contributed by atoms with Gasteiger partial charge in [0.2, 0.25) is 0 Å². The SMILES string of the molecule is [B]C1OC(CO)C2OC(C)(C)OC12C=C=C. The summed E-state index contributed by atoms with van der Waals surface area (Å²) in [6.45, 7) is 6.95. The van der Waals surface area contributed by atoms with Crippen LogP contribution >= 0.6 is 0 Å². The van der Waals surface area contributed by atoms with Crippen LogP contribution in [0.1, 0.15) is 13.8 Å². The van der Waals surface area contributed by atoms with Gasteiger partial charge < -0.3 is 19.3 Å². The minimum atomic E-state index is -0.904. The highest BCUT2D eigenvalue weighted by Crippen LogP contribution is 2.46. The number of aliphatic hydroxyl groups excluding tert-OH is 1. The van der Waals surface area contributed by atoms with Gasteiger partial charge >= 0.3 is 0 Å². The van der Waals surface area contributed by atoms with E-state index in [9.17, 15) is 5.11 Å². The van der Waals surface area contributed by atoms with Crippen LogP contribution < -0.4 is 0 Å². The van der Waals surface area contributed by atoms with Crippen molar-refractivity contribution in [2.24, 2.45) is 0 Å². The van der Waals surface area contributed by atoms with E-state index in [1.54, 1.807) is 19.9 Å². The highest BCUT2D eigenvalue weighted by Gasteiger charge is 2.62. The highest BCUT2D eigenvalue weighted by atomic mass is 16.8. The second kappa shape index (κ2) is 3.72. The third-order valence-electron chi connectivity index (χ3n) is 2.89. The molecule has 86 valence electrons. The fourth-order valence-corrected chi connectivity index (χ4v) is 2.35. The second-order valence-electron chi connectivity index (χ2n) is 4.52. The average Bonchev–Trinajstić information content (AvgIpc) is 2.58. The number of hydrogen-bond donors (Lipinski definition) is 1. The molecule has 0 saturated carbocycles. The number of aliphatic hydroxyl groups is 1. The van der Waals surface area contributed by atoms with Crippen LogP contribution in [0.2, 0.25) is 0 Å². The Morgan fingerprint density at radius 1 is 1.56 bits per heavy atom. The number of ether oxygens (including phenoxy) is 3. The van der Waals surface area contributed by atoms with Crippen molar-refractivity contribution in [2.75, 3.05) is 6.61 Å². The molecule has 2 saturated heterocycles. The zero-order chi connectivity index (χ0) is 12.0. The lowest BCUT2D eigenvalue weighted by Gasteiger charge is -2.27. The van der Waals surface area contributed by atoms with Crippen LogP contribution in [0.15, 0.2) is 18.4 Å². The Labute approximate surface area is 96.3 Å². The minimum absolute atomic E-state index is 0.162. The van der Waals surface area contributed by atoms with Gasteiger partial charge in [0.1, 0.15) is 25.7 Å². The number of fused-ring (bicyclic) bond motifs is 1. The molecule has 2 aliphatic heterocycles. The molecule has 1 N–H and O–H groups in total. The predicted molar refractivity (Wildman–Crippen MR) is 58.0 cm³/mol. The molecule has 5 heteroatoms. The molecular formula is C11H15BO4. The summed E-state index contributed by atoms with van der Waals surface area (Å²) >= 11 is 0. The quantitative estimate of drug-likeness (QED) is 0.531. The number of hydrogen-bond acceptors (Lipinski definition) is 4. The standard InChI is InChI=1S/C11H15BO4/c1-4-5-11-8(15-10(2,3)16-11)7(6-13)14-9(11)12/h5,7-9,13H,1,6H2,2-3H3. The van der Waals surface area contributed by atoms with E-state index in [2.05, 4.69) is 12.3 Å². The molecule has 0 aliphatic carbocycles. The Balaban J connectivity index is 2.39. The van der Waals surface area contributed by atoms with Crippen LogP contribution in [0, 0.1) is 0 Å². The van der Waals surface area contributed by atoms with Gasteiger partial charge in [-0.3, -0.25) is 0 Å². The monoisotopic (exact) mass is 222 g/mol. The largest absolute Gasteiger partial charge is 0.394 e. The Bertz CT molecular complexity index is 337. The maximum Gasteiger partial charge on any atom is 0.164 e. The van der Waals surface area contributed by atoms with E-state index in [0.717, 1.165) is 0 Å². The lowest BCUT2D eigenvalue weighted by Crippen LogP contribution is -2.45. The van der Waals surface area contributed by atoms with Gasteiger partial charge in [-0.25, -0.2) is 0 Å². The van der Waals surface area contributed by atoms with Gasteiger partial charge in [0.25, 0.3) is 0 Å². The Morgan fingerprint density at radius 3 is 2.81 bits per heavy atom. The van der Waals surface area contributed by atoms with Gasteiger partial charge in [-0.2, -0.15) is 0 Å². The van der Waals surface area contributed by atoms with Crippen LogP contribution in [-0.4, -0.2) is 49.2 Å². The molecule has 0 aromatic carbocycles. The lowest BCUT2D eigenvalue weighted by molar-refractivity contribution is -0.191. The second-order valence-corrected chi connectivity index (χ2v) is 4.52. The van der Waals surface area contributed by atoms with Crippen molar-refractivity contribution in [1.82, 2.24) is 0 Å². The van der Waals surface area contributed by atoms with Gasteiger partial charge in [0.05, 0.1) is 12.6 Å². The molecule has 4 nitrogen and oxygen atoms in total. The van der Waals surface area contributed by atoms with E-state index in [-0.39, 0.29) is 6.61 Å². The summed E-state index contributed by atoms with van der Waals surface area (Å²) in [4.78, 5) is 0. The average molecular weight is 222 g/mol.